The molecule has 7 nitrogen and oxygen atoms in total. The number of carbonyl (C=O) groups is 1. The summed E-state index contributed by atoms with van der Waals surface area (Å²) < 4.78 is 11.1. The third kappa shape index (κ3) is 1.79. The van der Waals surface area contributed by atoms with Crippen LogP contribution in [0.25, 0.3) is 10.9 Å². The molecule has 7 heteroatoms. The number of ether oxygens (including phenoxy) is 2. The fourth-order valence-electron chi connectivity index (χ4n) is 1.64. The number of nitrogen functional groups attached to an aromatic ring is 2. The van der Waals surface area contributed by atoms with Crippen molar-refractivity contribution in [2.45, 2.75) is 6.92 Å². The Balaban J connectivity index is 2.67. The number of hydrogen-bond acceptors (Lipinski definition) is 6. The first-order chi connectivity index (χ1) is 8.58. The molecule has 0 fully saturated rings. The maximum Gasteiger partial charge on any atom is 0.435 e. The van der Waals surface area contributed by atoms with Gasteiger partial charge >= 0.3 is 6.09 Å². The molecule has 2 aromatic rings. The number of benzene rings is 1. The quantitative estimate of drug-likeness (QED) is 0.776. The predicted molar refractivity (Wildman–Crippen MR) is 67.5 cm³/mol. The van der Waals surface area contributed by atoms with Crippen molar-refractivity contribution < 1.29 is 14.3 Å². The number of methoxy groups -OCH3 is 1. The van der Waals surface area contributed by atoms with Crippen LogP contribution in [-0.4, -0.2) is 29.6 Å². The number of aromatic nitrogens is 2. The van der Waals surface area contributed by atoms with Gasteiger partial charge in [0.25, 0.3) is 0 Å². The first kappa shape index (κ1) is 12.0. The maximum absolute atomic E-state index is 11.7. The van der Waals surface area contributed by atoms with Crippen LogP contribution >= 0.6 is 0 Å². The minimum Gasteiger partial charge on any atom is -0.479 e. The van der Waals surface area contributed by atoms with Crippen molar-refractivity contribution in [2.24, 2.45) is 0 Å². The molecule has 0 aliphatic carbocycles. The van der Waals surface area contributed by atoms with Gasteiger partial charge in [-0.2, -0.15) is 4.68 Å². The van der Waals surface area contributed by atoms with Gasteiger partial charge in [-0.25, -0.2) is 4.79 Å². The molecule has 0 bridgehead atoms. The molecular weight excluding hydrogens is 236 g/mol. The summed E-state index contributed by atoms with van der Waals surface area (Å²) >= 11 is 0. The normalized spacial score (nSPS) is 10.6. The Labute approximate surface area is 103 Å². The number of rotatable bonds is 2. The molecule has 1 aromatic carbocycles. The van der Waals surface area contributed by atoms with Gasteiger partial charge in [0.15, 0.2) is 0 Å². The lowest BCUT2D eigenvalue weighted by Crippen LogP contribution is -2.15. The van der Waals surface area contributed by atoms with Gasteiger partial charge in [-0.1, -0.05) is 0 Å². The summed E-state index contributed by atoms with van der Waals surface area (Å²) in [7, 11) is 1.46. The monoisotopic (exact) mass is 250 g/mol. The van der Waals surface area contributed by atoms with Crippen LogP contribution < -0.4 is 16.2 Å². The smallest absolute Gasteiger partial charge is 0.435 e. The molecule has 0 spiro atoms. The van der Waals surface area contributed by atoms with E-state index in [0.29, 0.717) is 28.2 Å². The Kier molecular flexibility index (Phi) is 2.97. The predicted octanol–water partition coefficient (Wildman–Crippen LogP) is 1.21. The van der Waals surface area contributed by atoms with E-state index in [0.717, 1.165) is 4.68 Å². The summed E-state index contributed by atoms with van der Waals surface area (Å²) in [6.45, 7) is 1.97. The fourth-order valence-corrected chi connectivity index (χ4v) is 1.64. The lowest BCUT2D eigenvalue weighted by Gasteiger charge is -2.03. The molecular formula is C11H14N4O3. The van der Waals surface area contributed by atoms with Crippen LogP contribution in [0.15, 0.2) is 12.1 Å². The minimum atomic E-state index is -0.588. The van der Waals surface area contributed by atoms with E-state index < -0.39 is 6.09 Å². The highest BCUT2D eigenvalue weighted by Crippen LogP contribution is 2.30. The van der Waals surface area contributed by atoms with E-state index >= 15 is 0 Å². The largest absolute Gasteiger partial charge is 0.479 e. The summed E-state index contributed by atoms with van der Waals surface area (Å²) in [4.78, 5) is 11.7. The second kappa shape index (κ2) is 4.44. The minimum absolute atomic E-state index is 0.257. The van der Waals surface area contributed by atoms with E-state index in [1.165, 1.54) is 7.11 Å². The zero-order valence-corrected chi connectivity index (χ0v) is 10.1. The molecule has 0 aliphatic heterocycles. The Morgan fingerprint density at radius 2 is 2.06 bits per heavy atom. The zero-order valence-electron chi connectivity index (χ0n) is 10.1. The molecule has 0 aliphatic rings. The van der Waals surface area contributed by atoms with Crippen molar-refractivity contribution in [1.82, 2.24) is 9.78 Å². The average molecular weight is 250 g/mol. The van der Waals surface area contributed by atoms with Crippen molar-refractivity contribution >= 4 is 28.4 Å². The molecule has 0 saturated carbocycles. The van der Waals surface area contributed by atoms with Crippen LogP contribution in [0.2, 0.25) is 0 Å². The topological polar surface area (TPSA) is 105 Å². The molecule has 1 aromatic heterocycles. The summed E-state index contributed by atoms with van der Waals surface area (Å²) in [6, 6.07) is 3.18. The van der Waals surface area contributed by atoms with E-state index in [4.69, 9.17) is 20.9 Å². The second-order valence-corrected chi connectivity index (χ2v) is 3.62. The van der Waals surface area contributed by atoms with E-state index in [2.05, 4.69) is 5.10 Å². The van der Waals surface area contributed by atoms with Crippen molar-refractivity contribution in [3.05, 3.63) is 12.1 Å². The summed E-state index contributed by atoms with van der Waals surface area (Å²) in [5.41, 5.74) is 12.7. The second-order valence-electron chi connectivity index (χ2n) is 3.62. The molecule has 0 atom stereocenters. The van der Waals surface area contributed by atoms with Crippen LogP contribution in [0.1, 0.15) is 6.92 Å². The summed E-state index contributed by atoms with van der Waals surface area (Å²) in [5.74, 6) is 0.296. The molecule has 0 amide bonds. The number of nitrogens with two attached hydrogens (primary N) is 2. The van der Waals surface area contributed by atoms with Crippen LogP contribution in [0.5, 0.6) is 5.88 Å². The van der Waals surface area contributed by atoms with Gasteiger partial charge in [-0.3, -0.25) is 0 Å². The molecule has 2 rings (SSSR count). The third-order valence-electron chi connectivity index (χ3n) is 2.48. The van der Waals surface area contributed by atoms with E-state index in [-0.39, 0.29) is 6.61 Å². The Bertz CT molecular complexity index is 606. The highest BCUT2D eigenvalue weighted by Gasteiger charge is 2.18. The van der Waals surface area contributed by atoms with E-state index in [1.54, 1.807) is 19.1 Å². The van der Waals surface area contributed by atoms with Crippen LogP contribution in [0.4, 0.5) is 16.2 Å². The standard InChI is InChI=1S/C11H14N4O3/c1-3-18-11(16)15-9-5-8(13)7(12)4-6(9)10(14-15)17-2/h4-5H,3,12-13H2,1-2H3. The number of fused-ring (bicyclic) bond motifs is 1. The molecule has 1 heterocycles. The Morgan fingerprint density at radius 3 is 2.67 bits per heavy atom. The van der Waals surface area contributed by atoms with Gasteiger partial charge in [0, 0.05) is 0 Å². The lowest BCUT2D eigenvalue weighted by molar-refractivity contribution is 0.151. The summed E-state index contributed by atoms with van der Waals surface area (Å²) in [6.07, 6.45) is -0.588. The van der Waals surface area contributed by atoms with Gasteiger partial charge < -0.3 is 20.9 Å². The zero-order chi connectivity index (χ0) is 13.3. The maximum atomic E-state index is 11.7. The van der Waals surface area contributed by atoms with Gasteiger partial charge in [0.2, 0.25) is 5.88 Å². The van der Waals surface area contributed by atoms with Gasteiger partial charge in [-0.05, 0) is 19.1 Å². The highest BCUT2D eigenvalue weighted by atomic mass is 16.6. The SMILES string of the molecule is CCOC(=O)n1nc(OC)c2cc(N)c(N)cc21. The van der Waals surface area contributed by atoms with Gasteiger partial charge in [0.1, 0.15) is 0 Å². The number of carbonyl (C=O) groups excluding carboxylic acids is 1. The van der Waals surface area contributed by atoms with E-state index in [9.17, 15) is 4.79 Å². The average Bonchev–Trinajstić information content (AvgIpc) is 2.68. The van der Waals surface area contributed by atoms with Crippen molar-refractivity contribution in [3.63, 3.8) is 0 Å². The van der Waals surface area contributed by atoms with Crippen molar-refractivity contribution in [3.8, 4) is 5.88 Å². The summed E-state index contributed by atoms with van der Waals surface area (Å²) in [5, 5.41) is 4.63. The van der Waals surface area contributed by atoms with Crippen molar-refractivity contribution in [1.29, 1.82) is 0 Å². The Hall–Kier alpha value is -2.44. The third-order valence-corrected chi connectivity index (χ3v) is 2.48. The molecule has 18 heavy (non-hydrogen) atoms. The van der Waals surface area contributed by atoms with Gasteiger partial charge in [-0.15, -0.1) is 5.10 Å². The molecule has 4 N–H and O–H groups in total. The van der Waals surface area contributed by atoms with Crippen LogP contribution in [-0.2, 0) is 4.74 Å². The van der Waals surface area contributed by atoms with Gasteiger partial charge in [0.05, 0.1) is 36.0 Å². The molecule has 0 unspecified atom stereocenters. The first-order valence-corrected chi connectivity index (χ1v) is 5.37. The van der Waals surface area contributed by atoms with Crippen LogP contribution in [0.3, 0.4) is 0 Å². The highest BCUT2D eigenvalue weighted by molar-refractivity contribution is 5.96. The fraction of sp³-hybridized carbons (Fsp3) is 0.273. The molecule has 0 radical (unpaired) electrons. The molecule has 96 valence electrons. The van der Waals surface area contributed by atoms with Crippen LogP contribution in [0, 0.1) is 0 Å². The number of nitrogens with zero attached hydrogens (tertiary/aromatic N) is 2. The number of hydrogen-bond donors (Lipinski definition) is 2. The lowest BCUT2D eigenvalue weighted by atomic mass is 10.2. The first-order valence-electron chi connectivity index (χ1n) is 5.37. The Morgan fingerprint density at radius 1 is 1.39 bits per heavy atom. The number of anilines is 2. The van der Waals surface area contributed by atoms with E-state index in [1.807, 2.05) is 0 Å². The molecule has 0 saturated heterocycles. The van der Waals surface area contributed by atoms with Crippen molar-refractivity contribution in [2.75, 3.05) is 25.2 Å².